The number of fused-ring (bicyclic) bond motifs is 1. The molecule has 2 atom stereocenters. The van der Waals surface area contributed by atoms with Crippen LogP contribution in [0.2, 0.25) is 0 Å². The average molecular weight is 630 g/mol. The summed E-state index contributed by atoms with van der Waals surface area (Å²) in [5.41, 5.74) is 8.77. The Bertz CT molecular complexity index is 1860. The van der Waals surface area contributed by atoms with Crippen LogP contribution < -0.4 is 5.32 Å². The van der Waals surface area contributed by atoms with Gasteiger partial charge in [0.05, 0.1) is 0 Å². The molecule has 4 aromatic carbocycles. The molecule has 0 aliphatic carbocycles. The number of benzene rings is 4. The maximum atomic E-state index is 13.4. The molecule has 6 rings (SSSR count). The van der Waals surface area contributed by atoms with Crippen molar-refractivity contribution in [1.29, 1.82) is 0 Å². The normalized spacial score (nSPS) is 14.5. The predicted octanol–water partition coefficient (Wildman–Crippen LogP) is 7.17. The fraction of sp³-hybridized carbons (Fsp3) is 0.256. The Labute approximate surface area is 275 Å². The molecule has 1 N–H and O–H groups in total. The molecule has 0 unspecified atom stereocenters. The molecule has 8 nitrogen and oxygen atoms in total. The van der Waals surface area contributed by atoms with Crippen molar-refractivity contribution in [3.8, 4) is 11.1 Å². The number of hydrogen-bond acceptors (Lipinski definition) is 5. The number of aryl methyl sites for hydroxylation is 1. The van der Waals surface area contributed by atoms with Crippen LogP contribution in [-0.4, -0.2) is 46.8 Å². The van der Waals surface area contributed by atoms with Crippen LogP contribution in [-0.2, 0) is 27.5 Å². The van der Waals surface area contributed by atoms with Gasteiger partial charge in [-0.2, -0.15) is 9.59 Å². The van der Waals surface area contributed by atoms with E-state index in [1.165, 1.54) is 27.9 Å². The molecule has 5 aromatic rings. The summed E-state index contributed by atoms with van der Waals surface area (Å²) < 4.78 is 7.84. The van der Waals surface area contributed by atoms with Gasteiger partial charge in [-0.15, -0.1) is 0 Å². The monoisotopic (exact) mass is 629 g/mol. The van der Waals surface area contributed by atoms with Crippen LogP contribution in [0, 0.1) is 19.8 Å². The van der Waals surface area contributed by atoms with E-state index in [1.54, 1.807) is 4.90 Å². The fourth-order valence-electron chi connectivity index (χ4n) is 6.19. The molecule has 1 fully saturated rings. The van der Waals surface area contributed by atoms with Crippen LogP contribution in [0.5, 0.6) is 0 Å². The van der Waals surface area contributed by atoms with E-state index in [0.29, 0.717) is 18.7 Å². The van der Waals surface area contributed by atoms with Crippen molar-refractivity contribution in [3.63, 3.8) is 0 Å². The van der Waals surface area contributed by atoms with Crippen molar-refractivity contribution in [3.05, 3.63) is 131 Å². The number of likely N-dealkylation sites (tertiary alicyclic amines) is 1. The quantitative estimate of drug-likeness (QED) is 0.196. The van der Waals surface area contributed by atoms with E-state index in [-0.39, 0.29) is 36.7 Å². The van der Waals surface area contributed by atoms with Gasteiger partial charge < -0.3 is 19.5 Å². The van der Waals surface area contributed by atoms with Crippen molar-refractivity contribution < 1.29 is 23.9 Å². The number of rotatable bonds is 8. The molecule has 240 valence electrons. The number of ether oxygens (including phenoxy) is 1. The first kappa shape index (κ1) is 32.9. The van der Waals surface area contributed by atoms with Crippen molar-refractivity contribution >= 4 is 29.1 Å². The SMILES string of the molecule is Cc1c(C)n(Cc2ccc(-c3ccccc3)cc2)c2ccc(C(=O)N[C@@H](C)[C@@H]3CCN(C(=O)OCc4ccccc4)C3)cc12.O=C=O. The van der Waals surface area contributed by atoms with Gasteiger partial charge in [0.25, 0.3) is 5.91 Å². The van der Waals surface area contributed by atoms with E-state index in [2.05, 4.69) is 78.3 Å². The van der Waals surface area contributed by atoms with Gasteiger partial charge in [0, 0.05) is 47.8 Å². The Morgan fingerprint density at radius 3 is 2.19 bits per heavy atom. The first-order valence-corrected chi connectivity index (χ1v) is 15.8. The summed E-state index contributed by atoms with van der Waals surface area (Å²) in [6, 6.07) is 34.8. The predicted molar refractivity (Wildman–Crippen MR) is 181 cm³/mol. The van der Waals surface area contributed by atoms with Gasteiger partial charge >= 0.3 is 12.2 Å². The summed E-state index contributed by atoms with van der Waals surface area (Å²) >= 11 is 0. The van der Waals surface area contributed by atoms with Crippen LogP contribution in [0.25, 0.3) is 22.0 Å². The second-order valence-electron chi connectivity index (χ2n) is 12.0. The van der Waals surface area contributed by atoms with E-state index in [1.807, 2.05) is 55.5 Å². The molecule has 1 aliphatic rings. The highest BCUT2D eigenvalue weighted by Gasteiger charge is 2.31. The third-order valence-electron chi connectivity index (χ3n) is 9.06. The number of aromatic nitrogens is 1. The lowest BCUT2D eigenvalue weighted by molar-refractivity contribution is -0.191. The van der Waals surface area contributed by atoms with E-state index in [0.717, 1.165) is 29.4 Å². The van der Waals surface area contributed by atoms with Crippen LogP contribution in [0.3, 0.4) is 0 Å². The molecular formula is C39H39N3O5. The van der Waals surface area contributed by atoms with Crippen LogP contribution in [0.1, 0.15) is 46.1 Å². The lowest BCUT2D eigenvalue weighted by atomic mass is 10.00. The molecular weight excluding hydrogens is 590 g/mol. The molecule has 0 saturated carbocycles. The molecule has 2 heterocycles. The van der Waals surface area contributed by atoms with Crippen LogP contribution in [0.15, 0.2) is 103 Å². The topological polar surface area (TPSA) is 97.7 Å². The molecule has 47 heavy (non-hydrogen) atoms. The first-order chi connectivity index (χ1) is 22.8. The summed E-state index contributed by atoms with van der Waals surface area (Å²) in [6.07, 6.45) is 0.775. The molecule has 1 saturated heterocycles. The lowest BCUT2D eigenvalue weighted by Gasteiger charge is -2.21. The Morgan fingerprint density at radius 2 is 1.51 bits per heavy atom. The minimum Gasteiger partial charge on any atom is -0.445 e. The summed E-state index contributed by atoms with van der Waals surface area (Å²) in [5, 5.41) is 4.29. The number of amides is 2. The molecule has 1 aromatic heterocycles. The van der Waals surface area contributed by atoms with Crippen LogP contribution >= 0.6 is 0 Å². The number of nitrogens with zero attached hydrogens (tertiary/aromatic N) is 2. The number of carbonyl (C=O) groups excluding carboxylic acids is 4. The highest BCUT2D eigenvalue weighted by atomic mass is 16.6. The third-order valence-corrected chi connectivity index (χ3v) is 9.06. The Kier molecular flexibility index (Phi) is 10.7. The smallest absolute Gasteiger partial charge is 0.410 e. The minimum absolute atomic E-state index is 0.0728. The van der Waals surface area contributed by atoms with Crippen molar-refractivity contribution in [2.45, 2.75) is 46.4 Å². The van der Waals surface area contributed by atoms with Gasteiger partial charge in [-0.05, 0) is 79.1 Å². The second-order valence-corrected chi connectivity index (χ2v) is 12.0. The molecule has 8 heteroatoms. The summed E-state index contributed by atoms with van der Waals surface area (Å²) in [5.74, 6) is 0.0797. The van der Waals surface area contributed by atoms with Gasteiger partial charge in [-0.3, -0.25) is 4.79 Å². The zero-order chi connectivity index (χ0) is 33.3. The van der Waals surface area contributed by atoms with E-state index < -0.39 is 0 Å². The Hall–Kier alpha value is -5.46. The highest BCUT2D eigenvalue weighted by molar-refractivity contribution is 5.99. The minimum atomic E-state index is -0.303. The first-order valence-electron chi connectivity index (χ1n) is 15.8. The second kappa shape index (κ2) is 15.2. The van der Waals surface area contributed by atoms with Gasteiger partial charge in [-0.25, -0.2) is 4.79 Å². The van der Waals surface area contributed by atoms with Gasteiger partial charge in [-0.1, -0.05) is 84.9 Å². The molecule has 1 aliphatic heterocycles. The zero-order valence-electron chi connectivity index (χ0n) is 26.9. The zero-order valence-corrected chi connectivity index (χ0v) is 26.9. The maximum absolute atomic E-state index is 13.4. The fourth-order valence-corrected chi connectivity index (χ4v) is 6.19. The number of nitrogens with one attached hydrogen (secondary N) is 1. The number of carbonyl (C=O) groups is 2. The van der Waals surface area contributed by atoms with Crippen LogP contribution in [0.4, 0.5) is 4.79 Å². The number of hydrogen-bond donors (Lipinski definition) is 1. The Balaban J connectivity index is 0.00000139. The molecule has 2 amide bonds. The Morgan fingerprint density at radius 1 is 0.872 bits per heavy atom. The van der Waals surface area contributed by atoms with E-state index in [9.17, 15) is 9.59 Å². The van der Waals surface area contributed by atoms with Crippen molar-refractivity contribution in [2.24, 2.45) is 5.92 Å². The largest absolute Gasteiger partial charge is 0.445 e. The molecule has 0 bridgehead atoms. The summed E-state index contributed by atoms with van der Waals surface area (Å²) in [7, 11) is 0. The third kappa shape index (κ3) is 7.86. The van der Waals surface area contributed by atoms with E-state index >= 15 is 0 Å². The van der Waals surface area contributed by atoms with E-state index in [4.69, 9.17) is 14.3 Å². The maximum Gasteiger partial charge on any atom is 0.410 e. The lowest BCUT2D eigenvalue weighted by Crippen LogP contribution is -2.40. The van der Waals surface area contributed by atoms with Gasteiger partial charge in [0.1, 0.15) is 6.61 Å². The van der Waals surface area contributed by atoms with Crippen molar-refractivity contribution in [2.75, 3.05) is 13.1 Å². The van der Waals surface area contributed by atoms with Gasteiger partial charge in [0.15, 0.2) is 0 Å². The highest BCUT2D eigenvalue weighted by Crippen LogP contribution is 2.28. The summed E-state index contributed by atoms with van der Waals surface area (Å²) in [6.45, 7) is 8.52. The summed E-state index contributed by atoms with van der Waals surface area (Å²) in [4.78, 5) is 44.0. The van der Waals surface area contributed by atoms with Gasteiger partial charge in [0.2, 0.25) is 0 Å². The standard InChI is InChI=1S/C38H39N3O3.CO2/c1-26-28(3)41(23-29-14-16-32(17-15-29)31-12-8-5-9-13-31)36-19-18-33(22-35(26)36)37(42)39-27(2)34-20-21-40(24-34)38(43)44-25-30-10-6-4-7-11-30;2-1-3/h4-19,22,27,34H,20-21,23-25H2,1-3H3,(H,39,42);/t27-,34+;/m0./s1. The molecule has 0 radical (unpaired) electrons. The van der Waals surface area contributed by atoms with Crippen molar-refractivity contribution in [1.82, 2.24) is 14.8 Å². The average Bonchev–Trinajstić information content (AvgIpc) is 3.69. The molecule has 0 spiro atoms.